The number of sulfonamides is 1. The molecule has 0 aliphatic carbocycles. The Morgan fingerprint density at radius 2 is 1.55 bits per heavy atom. The van der Waals surface area contributed by atoms with Crippen LogP contribution < -0.4 is 10.0 Å². The maximum absolute atomic E-state index is 13.7. The SMILES string of the molecule is O=C(Nc1nnc(-c2ccccc2)s1)c1ccc(S(=O)(=O)Nc2ccccc2F)cc1. The second-order valence-electron chi connectivity index (χ2n) is 6.34. The first-order chi connectivity index (χ1) is 14.9. The minimum Gasteiger partial charge on any atom is -0.296 e. The number of rotatable bonds is 6. The third-order valence-electron chi connectivity index (χ3n) is 4.21. The van der Waals surface area contributed by atoms with Crippen LogP contribution in [-0.4, -0.2) is 24.5 Å². The fraction of sp³-hybridized carbons (Fsp3) is 0. The lowest BCUT2D eigenvalue weighted by atomic mass is 10.2. The molecule has 4 rings (SSSR count). The first-order valence-corrected chi connectivity index (χ1v) is 11.3. The normalized spacial score (nSPS) is 11.1. The first kappa shape index (κ1) is 20.6. The second kappa shape index (κ2) is 8.62. The van der Waals surface area contributed by atoms with Gasteiger partial charge < -0.3 is 0 Å². The highest BCUT2D eigenvalue weighted by Crippen LogP contribution is 2.26. The molecule has 1 aromatic heterocycles. The van der Waals surface area contributed by atoms with Crippen LogP contribution in [0.5, 0.6) is 0 Å². The van der Waals surface area contributed by atoms with E-state index in [2.05, 4.69) is 20.2 Å². The number of nitrogens with zero attached hydrogens (tertiary/aromatic N) is 2. The van der Waals surface area contributed by atoms with E-state index in [0.717, 1.165) is 11.6 Å². The molecule has 0 aliphatic rings. The third kappa shape index (κ3) is 4.76. The van der Waals surface area contributed by atoms with E-state index in [1.54, 1.807) is 0 Å². The van der Waals surface area contributed by atoms with Crippen LogP contribution in [0.1, 0.15) is 10.4 Å². The van der Waals surface area contributed by atoms with Gasteiger partial charge in [0.05, 0.1) is 10.6 Å². The van der Waals surface area contributed by atoms with Crippen molar-refractivity contribution in [1.29, 1.82) is 0 Å². The van der Waals surface area contributed by atoms with E-state index in [1.807, 2.05) is 30.3 Å². The molecule has 2 N–H and O–H groups in total. The predicted molar refractivity (Wildman–Crippen MR) is 117 cm³/mol. The molecule has 1 amide bonds. The average molecular weight is 455 g/mol. The van der Waals surface area contributed by atoms with Gasteiger partial charge in [0.1, 0.15) is 10.8 Å². The van der Waals surface area contributed by atoms with Gasteiger partial charge in [-0.3, -0.25) is 14.8 Å². The molecule has 0 fully saturated rings. The Morgan fingerprint density at radius 3 is 2.26 bits per heavy atom. The molecule has 0 atom stereocenters. The Kier molecular flexibility index (Phi) is 5.74. The summed E-state index contributed by atoms with van der Waals surface area (Å²) >= 11 is 1.22. The number of hydrogen-bond acceptors (Lipinski definition) is 6. The van der Waals surface area contributed by atoms with Gasteiger partial charge in [0, 0.05) is 11.1 Å². The van der Waals surface area contributed by atoms with Crippen molar-refractivity contribution >= 4 is 38.1 Å². The lowest BCUT2D eigenvalue weighted by Crippen LogP contribution is -2.15. The molecule has 0 saturated carbocycles. The summed E-state index contributed by atoms with van der Waals surface area (Å²) in [6, 6.07) is 20.2. The van der Waals surface area contributed by atoms with E-state index in [1.165, 1.54) is 53.8 Å². The van der Waals surface area contributed by atoms with Gasteiger partial charge in [0.2, 0.25) is 5.13 Å². The van der Waals surface area contributed by atoms with Crippen LogP contribution in [-0.2, 0) is 10.0 Å². The molecule has 10 heteroatoms. The van der Waals surface area contributed by atoms with Crippen molar-refractivity contribution in [3.8, 4) is 10.6 Å². The Balaban J connectivity index is 1.46. The van der Waals surface area contributed by atoms with Crippen LogP contribution in [0.25, 0.3) is 10.6 Å². The molecule has 156 valence electrons. The lowest BCUT2D eigenvalue weighted by molar-refractivity contribution is 0.102. The fourth-order valence-corrected chi connectivity index (χ4v) is 4.48. The summed E-state index contributed by atoms with van der Waals surface area (Å²) in [5.41, 5.74) is 0.966. The number of anilines is 2. The minimum atomic E-state index is -4.01. The van der Waals surface area contributed by atoms with E-state index in [4.69, 9.17) is 0 Å². The quantitative estimate of drug-likeness (QED) is 0.450. The highest BCUT2D eigenvalue weighted by molar-refractivity contribution is 7.92. The molecule has 0 aliphatic heterocycles. The van der Waals surface area contributed by atoms with Crippen molar-refractivity contribution in [3.63, 3.8) is 0 Å². The lowest BCUT2D eigenvalue weighted by Gasteiger charge is -2.09. The van der Waals surface area contributed by atoms with Crippen molar-refractivity contribution in [2.75, 3.05) is 10.0 Å². The van der Waals surface area contributed by atoms with E-state index in [0.29, 0.717) is 10.1 Å². The molecule has 1 heterocycles. The van der Waals surface area contributed by atoms with Crippen LogP contribution >= 0.6 is 11.3 Å². The number of halogens is 1. The number of amides is 1. The predicted octanol–water partition coefficient (Wildman–Crippen LogP) is 4.40. The van der Waals surface area contributed by atoms with Gasteiger partial charge in [-0.05, 0) is 36.4 Å². The number of hydrogen-bond donors (Lipinski definition) is 2. The minimum absolute atomic E-state index is 0.102. The van der Waals surface area contributed by atoms with Crippen molar-refractivity contribution in [2.45, 2.75) is 4.90 Å². The highest BCUT2D eigenvalue weighted by atomic mass is 32.2. The average Bonchev–Trinajstić information content (AvgIpc) is 3.24. The number of nitrogens with one attached hydrogen (secondary N) is 2. The summed E-state index contributed by atoms with van der Waals surface area (Å²) in [4.78, 5) is 12.4. The highest BCUT2D eigenvalue weighted by Gasteiger charge is 2.17. The van der Waals surface area contributed by atoms with Gasteiger partial charge in [0.25, 0.3) is 15.9 Å². The molecule has 4 aromatic rings. The smallest absolute Gasteiger partial charge is 0.261 e. The van der Waals surface area contributed by atoms with Gasteiger partial charge in [-0.2, -0.15) is 0 Å². The molecule has 31 heavy (non-hydrogen) atoms. The van der Waals surface area contributed by atoms with Crippen LogP contribution in [0.3, 0.4) is 0 Å². The number of para-hydroxylation sites is 1. The summed E-state index contributed by atoms with van der Waals surface area (Å²) in [6.07, 6.45) is 0. The van der Waals surface area contributed by atoms with Gasteiger partial charge in [-0.1, -0.05) is 53.8 Å². The fourth-order valence-electron chi connectivity index (χ4n) is 2.67. The van der Waals surface area contributed by atoms with Crippen molar-refractivity contribution in [2.24, 2.45) is 0 Å². The Morgan fingerprint density at radius 1 is 0.871 bits per heavy atom. The zero-order chi connectivity index (χ0) is 21.8. The molecular formula is C21H15FN4O3S2. The second-order valence-corrected chi connectivity index (χ2v) is 9.00. The zero-order valence-electron chi connectivity index (χ0n) is 15.8. The summed E-state index contributed by atoms with van der Waals surface area (Å²) in [6.45, 7) is 0. The Hall–Kier alpha value is -3.63. The topological polar surface area (TPSA) is 101 Å². The summed E-state index contributed by atoms with van der Waals surface area (Å²) in [5.74, 6) is -1.14. The van der Waals surface area contributed by atoms with E-state index in [9.17, 15) is 17.6 Å². The Labute approximate surface area is 181 Å². The van der Waals surface area contributed by atoms with E-state index >= 15 is 0 Å². The number of aromatic nitrogens is 2. The zero-order valence-corrected chi connectivity index (χ0v) is 17.5. The molecule has 0 saturated heterocycles. The summed E-state index contributed by atoms with van der Waals surface area (Å²) in [5, 5.41) is 11.7. The van der Waals surface area contributed by atoms with Gasteiger partial charge in [-0.25, -0.2) is 12.8 Å². The van der Waals surface area contributed by atoms with E-state index in [-0.39, 0.29) is 16.1 Å². The van der Waals surface area contributed by atoms with Crippen LogP contribution in [0.2, 0.25) is 0 Å². The Bertz CT molecular complexity index is 1320. The number of benzene rings is 3. The van der Waals surface area contributed by atoms with E-state index < -0.39 is 21.7 Å². The van der Waals surface area contributed by atoms with Gasteiger partial charge >= 0.3 is 0 Å². The third-order valence-corrected chi connectivity index (χ3v) is 6.48. The van der Waals surface area contributed by atoms with Crippen molar-refractivity contribution < 1.29 is 17.6 Å². The number of carbonyl (C=O) groups excluding carboxylic acids is 1. The van der Waals surface area contributed by atoms with Crippen molar-refractivity contribution in [1.82, 2.24) is 10.2 Å². The van der Waals surface area contributed by atoms with Crippen LogP contribution in [0.4, 0.5) is 15.2 Å². The molecule has 0 spiro atoms. The largest absolute Gasteiger partial charge is 0.296 e. The van der Waals surface area contributed by atoms with Gasteiger partial charge in [-0.15, -0.1) is 10.2 Å². The molecular weight excluding hydrogens is 439 g/mol. The molecule has 3 aromatic carbocycles. The summed E-state index contributed by atoms with van der Waals surface area (Å²) < 4.78 is 40.9. The summed E-state index contributed by atoms with van der Waals surface area (Å²) in [7, 11) is -4.01. The maximum Gasteiger partial charge on any atom is 0.261 e. The molecule has 0 radical (unpaired) electrons. The number of carbonyl (C=O) groups is 1. The van der Waals surface area contributed by atoms with Crippen LogP contribution in [0, 0.1) is 5.82 Å². The standard InChI is InChI=1S/C21H15FN4O3S2/c22-17-8-4-5-9-18(17)26-31(28,29)16-12-10-14(11-13-16)19(27)23-21-25-24-20(30-21)15-6-2-1-3-7-15/h1-13,26H,(H,23,25,27). The molecule has 0 bridgehead atoms. The molecule has 7 nitrogen and oxygen atoms in total. The maximum atomic E-state index is 13.7. The molecule has 0 unspecified atom stereocenters. The van der Waals surface area contributed by atoms with Crippen LogP contribution in [0.15, 0.2) is 83.8 Å². The monoisotopic (exact) mass is 454 g/mol. The van der Waals surface area contributed by atoms with Gasteiger partial charge in [0.15, 0.2) is 0 Å². The van der Waals surface area contributed by atoms with Crippen molar-refractivity contribution in [3.05, 3.63) is 90.2 Å². The first-order valence-electron chi connectivity index (χ1n) is 9.00.